The van der Waals surface area contributed by atoms with Crippen LogP contribution < -0.4 is 0 Å². The van der Waals surface area contributed by atoms with Crippen molar-refractivity contribution in [3.8, 4) is 22.3 Å². The van der Waals surface area contributed by atoms with Crippen molar-refractivity contribution < 1.29 is 0 Å². The average Bonchev–Trinajstić information content (AvgIpc) is 2.95. The molecule has 0 fully saturated rings. The average molecular weight is 474 g/mol. The number of rotatable bonds is 5. The molecule has 0 saturated carbocycles. The summed E-state index contributed by atoms with van der Waals surface area (Å²) in [6.07, 6.45) is 5.89. The Morgan fingerprint density at radius 2 is 1.11 bits per heavy atom. The summed E-state index contributed by atoms with van der Waals surface area (Å²) in [5, 5.41) is 7.56. The zero-order valence-electron chi connectivity index (χ0n) is 20.9. The van der Waals surface area contributed by atoms with E-state index in [0.29, 0.717) is 0 Å². The fourth-order valence-corrected chi connectivity index (χ4v) is 5.42. The van der Waals surface area contributed by atoms with Crippen LogP contribution in [0.15, 0.2) is 139 Å². The zero-order chi connectivity index (χ0) is 25.2. The van der Waals surface area contributed by atoms with E-state index in [1.54, 1.807) is 6.20 Å². The highest BCUT2D eigenvalue weighted by Gasteiger charge is 2.16. The number of nitrogens with zero attached hydrogens (tertiary/aromatic N) is 1. The molecule has 6 aromatic rings. The molecule has 6 aromatic carbocycles. The summed E-state index contributed by atoms with van der Waals surface area (Å²) < 4.78 is 0. The Bertz CT molecular complexity index is 1780. The Morgan fingerprint density at radius 3 is 1.68 bits per heavy atom. The minimum atomic E-state index is 1.05. The summed E-state index contributed by atoms with van der Waals surface area (Å²) >= 11 is 0. The van der Waals surface area contributed by atoms with Crippen LogP contribution in [0.5, 0.6) is 0 Å². The van der Waals surface area contributed by atoms with Crippen molar-refractivity contribution in [2.24, 2.45) is 4.99 Å². The Kier molecular flexibility index (Phi) is 5.96. The fourth-order valence-electron chi connectivity index (χ4n) is 5.42. The van der Waals surface area contributed by atoms with Crippen LogP contribution in [0.1, 0.15) is 12.5 Å². The highest BCUT2D eigenvalue weighted by Crippen LogP contribution is 2.44. The second-order valence-electron chi connectivity index (χ2n) is 9.25. The molecule has 0 atom stereocenters. The van der Waals surface area contributed by atoms with E-state index in [0.717, 1.165) is 11.1 Å². The second kappa shape index (κ2) is 9.72. The van der Waals surface area contributed by atoms with E-state index < -0.39 is 0 Å². The third kappa shape index (κ3) is 4.05. The molecular formula is C36H27N. The van der Waals surface area contributed by atoms with Gasteiger partial charge in [0.25, 0.3) is 0 Å². The standard InChI is InChI=1S/C36H27N/c1-3-10-30(24-37-2)26-17-20-27(21-18-26)35-31-13-6-8-15-33(31)36(34-16-9-7-14-32(34)35)29-22-19-25-11-4-5-12-28(25)23-29/h3-24H,2H2,1H3/b10-3-,30-24+. The van der Waals surface area contributed by atoms with Gasteiger partial charge < -0.3 is 0 Å². The Labute approximate surface area is 217 Å². The molecule has 0 spiro atoms. The maximum Gasteiger partial charge on any atom is 0.0338 e. The SMILES string of the molecule is C=N/C=C(\C=C/C)c1ccc(-c2c3ccccc3c(-c3ccc4ccccc4c3)c3ccccc23)cc1. The lowest BCUT2D eigenvalue weighted by Crippen LogP contribution is -1.91. The Balaban J connectivity index is 1.62. The third-order valence-electron chi connectivity index (χ3n) is 7.05. The molecule has 0 unspecified atom stereocenters. The van der Waals surface area contributed by atoms with Crippen LogP contribution in [-0.4, -0.2) is 6.72 Å². The van der Waals surface area contributed by atoms with Crippen LogP contribution in [0.3, 0.4) is 0 Å². The van der Waals surface area contributed by atoms with E-state index in [1.807, 2.05) is 13.0 Å². The first-order chi connectivity index (χ1) is 18.3. The lowest BCUT2D eigenvalue weighted by atomic mass is 9.85. The molecule has 0 saturated heterocycles. The van der Waals surface area contributed by atoms with Crippen LogP contribution in [0.2, 0.25) is 0 Å². The molecule has 0 radical (unpaired) electrons. The number of fused-ring (bicyclic) bond motifs is 3. The van der Waals surface area contributed by atoms with Crippen molar-refractivity contribution in [1.82, 2.24) is 0 Å². The quantitative estimate of drug-likeness (QED) is 0.134. The molecule has 1 nitrogen and oxygen atoms in total. The first kappa shape index (κ1) is 22.7. The predicted molar refractivity (Wildman–Crippen MR) is 162 cm³/mol. The first-order valence-electron chi connectivity index (χ1n) is 12.6. The van der Waals surface area contributed by atoms with Gasteiger partial charge in [-0.05, 0) is 85.4 Å². The van der Waals surface area contributed by atoms with Crippen molar-refractivity contribution in [3.05, 3.63) is 139 Å². The maximum absolute atomic E-state index is 3.99. The summed E-state index contributed by atoms with van der Waals surface area (Å²) in [6.45, 7) is 5.65. The zero-order valence-corrected chi connectivity index (χ0v) is 20.9. The fraction of sp³-hybridized carbons (Fsp3) is 0.0278. The minimum absolute atomic E-state index is 1.05. The molecular weight excluding hydrogens is 446 g/mol. The summed E-state index contributed by atoms with van der Waals surface area (Å²) in [4.78, 5) is 3.99. The van der Waals surface area contributed by atoms with Gasteiger partial charge in [-0.25, -0.2) is 0 Å². The van der Waals surface area contributed by atoms with Crippen LogP contribution in [-0.2, 0) is 0 Å². The second-order valence-corrected chi connectivity index (χ2v) is 9.25. The lowest BCUT2D eigenvalue weighted by Gasteiger charge is -2.18. The van der Waals surface area contributed by atoms with Gasteiger partial charge in [-0.2, -0.15) is 0 Å². The largest absolute Gasteiger partial charge is 0.272 e. The molecule has 0 heterocycles. The molecule has 37 heavy (non-hydrogen) atoms. The summed E-state index contributed by atoms with van der Waals surface area (Å²) in [5.41, 5.74) is 7.16. The molecule has 6 rings (SSSR count). The van der Waals surface area contributed by atoms with Crippen molar-refractivity contribution in [3.63, 3.8) is 0 Å². The summed E-state index contributed by atoms with van der Waals surface area (Å²) in [5.74, 6) is 0. The van der Waals surface area contributed by atoms with Crippen molar-refractivity contribution in [1.29, 1.82) is 0 Å². The predicted octanol–water partition coefficient (Wildman–Crippen LogP) is 10.1. The van der Waals surface area contributed by atoms with Crippen LogP contribution >= 0.6 is 0 Å². The van der Waals surface area contributed by atoms with Gasteiger partial charge in [0.05, 0.1) is 0 Å². The van der Waals surface area contributed by atoms with Gasteiger partial charge in [0.2, 0.25) is 0 Å². The maximum atomic E-state index is 3.99. The lowest BCUT2D eigenvalue weighted by molar-refractivity contribution is 1.55. The van der Waals surface area contributed by atoms with E-state index in [1.165, 1.54) is 54.6 Å². The van der Waals surface area contributed by atoms with Gasteiger partial charge in [-0.15, -0.1) is 0 Å². The van der Waals surface area contributed by atoms with Crippen LogP contribution in [0, 0.1) is 0 Å². The Morgan fingerprint density at radius 1 is 0.595 bits per heavy atom. The van der Waals surface area contributed by atoms with Gasteiger partial charge in [0, 0.05) is 6.20 Å². The van der Waals surface area contributed by atoms with Crippen LogP contribution in [0.4, 0.5) is 0 Å². The molecule has 0 aliphatic rings. The first-order valence-corrected chi connectivity index (χ1v) is 12.6. The molecule has 1 heteroatoms. The van der Waals surface area contributed by atoms with Crippen molar-refractivity contribution in [2.75, 3.05) is 0 Å². The van der Waals surface area contributed by atoms with E-state index >= 15 is 0 Å². The smallest absolute Gasteiger partial charge is 0.0338 e. The molecule has 176 valence electrons. The normalized spacial score (nSPS) is 12.1. The molecule has 0 aliphatic carbocycles. The van der Waals surface area contributed by atoms with Crippen molar-refractivity contribution >= 4 is 44.6 Å². The van der Waals surface area contributed by atoms with Crippen molar-refractivity contribution in [2.45, 2.75) is 6.92 Å². The molecule has 0 aromatic heterocycles. The monoisotopic (exact) mass is 473 g/mol. The van der Waals surface area contributed by atoms with E-state index in [4.69, 9.17) is 0 Å². The summed E-state index contributed by atoms with van der Waals surface area (Å²) in [7, 11) is 0. The number of hydrogen-bond donors (Lipinski definition) is 0. The molecule has 0 amide bonds. The van der Waals surface area contributed by atoms with Gasteiger partial charge in [-0.3, -0.25) is 4.99 Å². The number of allylic oxidation sites excluding steroid dienone is 3. The minimum Gasteiger partial charge on any atom is -0.272 e. The van der Waals surface area contributed by atoms with Gasteiger partial charge in [-0.1, -0.05) is 121 Å². The van der Waals surface area contributed by atoms with Gasteiger partial charge in [0.1, 0.15) is 0 Å². The van der Waals surface area contributed by atoms with Crippen LogP contribution in [0.25, 0.3) is 60.1 Å². The summed E-state index contributed by atoms with van der Waals surface area (Å²) in [6, 6.07) is 41.8. The number of hydrogen-bond acceptors (Lipinski definition) is 1. The van der Waals surface area contributed by atoms with E-state index in [2.05, 4.69) is 133 Å². The number of aliphatic imine (C=N–C) groups is 1. The highest BCUT2D eigenvalue weighted by molar-refractivity contribution is 6.21. The highest BCUT2D eigenvalue weighted by atomic mass is 14.6. The molecule has 0 bridgehead atoms. The van der Waals surface area contributed by atoms with E-state index in [-0.39, 0.29) is 0 Å². The third-order valence-corrected chi connectivity index (χ3v) is 7.05. The topological polar surface area (TPSA) is 12.4 Å². The van der Waals surface area contributed by atoms with Gasteiger partial charge in [0.15, 0.2) is 0 Å². The Hall–Kier alpha value is -4.75. The number of benzene rings is 6. The van der Waals surface area contributed by atoms with E-state index in [9.17, 15) is 0 Å². The molecule has 0 N–H and O–H groups in total. The molecule has 0 aliphatic heterocycles. The van der Waals surface area contributed by atoms with Gasteiger partial charge >= 0.3 is 0 Å².